The molecule has 0 atom stereocenters. The maximum Gasteiger partial charge on any atom is 0.119 e. The van der Waals surface area contributed by atoms with Gasteiger partial charge in [0.1, 0.15) is 11.1 Å². The van der Waals surface area contributed by atoms with E-state index in [1.54, 1.807) is 0 Å². The molecule has 0 N–H and O–H groups in total. The first-order valence-electron chi connectivity index (χ1n) is 18.2. The van der Waals surface area contributed by atoms with Gasteiger partial charge in [0, 0.05) is 22.1 Å². The highest BCUT2D eigenvalue weighted by Gasteiger charge is 2.66. The van der Waals surface area contributed by atoms with E-state index in [1.165, 1.54) is 83.1 Å². The maximum absolute atomic E-state index is 2.80. The van der Waals surface area contributed by atoms with Crippen LogP contribution in [0.1, 0.15) is 33.4 Å². The fourth-order valence-electron chi connectivity index (χ4n) is 10.4. The largest absolute Gasteiger partial charge is 0.335 e. The molecule has 2 spiro atoms. The minimum atomic E-state index is -0.581. The molecule has 0 radical (unpaired) electrons. The molecule has 0 unspecified atom stereocenters. The van der Waals surface area contributed by atoms with Gasteiger partial charge in [-0.3, -0.25) is 0 Å². The minimum Gasteiger partial charge on any atom is -0.335 e. The van der Waals surface area contributed by atoms with Gasteiger partial charge in [0.05, 0.1) is 11.0 Å². The predicted octanol–water partition coefficient (Wildman–Crippen LogP) is 11.8. The van der Waals surface area contributed by atoms with Gasteiger partial charge in [0.25, 0.3) is 0 Å². The smallest absolute Gasteiger partial charge is 0.119 e. The van der Waals surface area contributed by atoms with Crippen LogP contribution in [0.2, 0.25) is 0 Å². The molecule has 242 valence electrons. The van der Waals surface area contributed by atoms with Gasteiger partial charge in [-0.15, -0.1) is 0 Å². The van der Waals surface area contributed by atoms with Crippen LogP contribution < -0.4 is 4.90 Å². The molecule has 1 aromatic heterocycles. The Kier molecular flexibility index (Phi) is 5.40. The lowest BCUT2D eigenvalue weighted by Crippen LogP contribution is -2.52. The third-order valence-electron chi connectivity index (χ3n) is 12.2. The number of anilines is 1. The van der Waals surface area contributed by atoms with Crippen LogP contribution in [-0.2, 0) is 11.1 Å². The van der Waals surface area contributed by atoms with Crippen molar-refractivity contribution in [2.24, 2.45) is 0 Å². The fourth-order valence-corrected chi connectivity index (χ4v) is 10.4. The molecule has 2 nitrogen and oxygen atoms in total. The molecule has 52 heavy (non-hydrogen) atoms. The first-order chi connectivity index (χ1) is 25.8. The van der Waals surface area contributed by atoms with Crippen molar-refractivity contribution in [1.82, 2.24) is 4.57 Å². The summed E-state index contributed by atoms with van der Waals surface area (Å²) in [5.41, 5.74) is 16.8. The van der Waals surface area contributed by atoms with Gasteiger partial charge >= 0.3 is 0 Å². The highest BCUT2D eigenvalue weighted by atomic mass is 15.3. The van der Waals surface area contributed by atoms with Gasteiger partial charge in [0.2, 0.25) is 0 Å². The molecule has 9 aromatic rings. The summed E-state index contributed by atoms with van der Waals surface area (Å²) in [6.45, 7) is 0. The van der Waals surface area contributed by atoms with Crippen molar-refractivity contribution in [1.29, 1.82) is 0 Å². The summed E-state index contributed by atoms with van der Waals surface area (Å²) in [5, 5.41) is 2.54. The number of hydrogen-bond donors (Lipinski definition) is 0. The summed E-state index contributed by atoms with van der Waals surface area (Å²) in [6, 6.07) is 72.6. The zero-order chi connectivity index (χ0) is 34.0. The Hall–Kier alpha value is -6.64. The quantitative estimate of drug-likeness (QED) is 0.179. The van der Waals surface area contributed by atoms with Crippen molar-refractivity contribution in [3.8, 4) is 27.9 Å². The summed E-state index contributed by atoms with van der Waals surface area (Å²) < 4.78 is 2.42. The number of nitrogens with zero attached hydrogens (tertiary/aromatic N) is 2. The lowest BCUT2D eigenvalue weighted by Gasteiger charge is -2.48. The predicted molar refractivity (Wildman–Crippen MR) is 213 cm³/mol. The Morgan fingerprint density at radius 3 is 0.981 bits per heavy atom. The van der Waals surface area contributed by atoms with Crippen LogP contribution in [0.25, 0.3) is 49.7 Å². The van der Waals surface area contributed by atoms with E-state index in [0.717, 1.165) is 5.69 Å². The van der Waals surface area contributed by atoms with Gasteiger partial charge in [-0.2, -0.15) is 0 Å². The maximum atomic E-state index is 2.80. The van der Waals surface area contributed by atoms with Crippen LogP contribution in [0.15, 0.2) is 194 Å². The zero-order valence-electron chi connectivity index (χ0n) is 28.4. The topological polar surface area (TPSA) is 8.17 Å². The second-order valence-electron chi connectivity index (χ2n) is 14.4. The number of aromatic nitrogens is 1. The summed E-state index contributed by atoms with van der Waals surface area (Å²) >= 11 is 0. The Morgan fingerprint density at radius 2 is 0.577 bits per heavy atom. The third kappa shape index (κ3) is 3.18. The van der Waals surface area contributed by atoms with Gasteiger partial charge in [-0.25, -0.2) is 0 Å². The second-order valence-corrected chi connectivity index (χ2v) is 14.4. The third-order valence-corrected chi connectivity index (χ3v) is 12.2. The first kappa shape index (κ1) is 28.1. The Labute approximate surface area is 302 Å². The number of para-hydroxylation sites is 2. The number of rotatable bonds is 2. The van der Waals surface area contributed by atoms with E-state index < -0.39 is 11.1 Å². The Bertz CT molecular complexity index is 2660. The molecule has 0 amide bonds. The summed E-state index contributed by atoms with van der Waals surface area (Å²) in [4.78, 5) is 2.80. The Morgan fingerprint density at radius 1 is 0.269 bits per heavy atom. The van der Waals surface area contributed by atoms with Crippen LogP contribution in [-0.4, -0.2) is 4.57 Å². The lowest BCUT2D eigenvalue weighted by molar-refractivity contribution is 0.511. The van der Waals surface area contributed by atoms with E-state index in [4.69, 9.17) is 0 Å². The average Bonchev–Trinajstić information content (AvgIpc) is 3.90. The lowest BCUT2D eigenvalue weighted by atomic mass is 9.79. The van der Waals surface area contributed by atoms with E-state index in [-0.39, 0.29) is 0 Å². The molecule has 0 bridgehead atoms. The number of hydrogen-bond acceptors (Lipinski definition) is 1. The molecule has 1 aliphatic heterocycles. The van der Waals surface area contributed by atoms with Crippen molar-refractivity contribution in [2.45, 2.75) is 11.1 Å². The standard InChI is InChI=1S/C50H32N2/c1-7-21-41-35(15-1)36-16-2-8-22-42(36)49(41)45-25-11-12-26-46(45)50(43-23-9-3-17-37(43)38-18-4-10-24-44(38)50)52(49)34-31-29-33(30-32-34)51-47-27-13-5-19-39(47)40-20-6-14-28-48(40)51/h1-32H. The summed E-state index contributed by atoms with van der Waals surface area (Å²) in [6.07, 6.45) is 0. The van der Waals surface area contributed by atoms with Crippen LogP contribution in [0.5, 0.6) is 0 Å². The molecule has 0 saturated heterocycles. The highest BCUT2D eigenvalue weighted by molar-refractivity contribution is 6.09. The van der Waals surface area contributed by atoms with E-state index in [0.29, 0.717) is 0 Å². The molecular formula is C50H32N2. The van der Waals surface area contributed by atoms with Crippen LogP contribution >= 0.6 is 0 Å². The van der Waals surface area contributed by atoms with E-state index in [9.17, 15) is 0 Å². The monoisotopic (exact) mass is 660 g/mol. The van der Waals surface area contributed by atoms with Crippen LogP contribution in [0.3, 0.4) is 0 Å². The molecule has 2 heteroatoms. The number of fused-ring (bicyclic) bond motifs is 16. The molecule has 12 rings (SSSR count). The number of benzene rings is 8. The van der Waals surface area contributed by atoms with Crippen LogP contribution in [0.4, 0.5) is 5.69 Å². The fraction of sp³-hybridized carbons (Fsp3) is 0.0400. The van der Waals surface area contributed by atoms with Gasteiger partial charge in [-0.05, 0) is 92.0 Å². The summed E-state index contributed by atoms with van der Waals surface area (Å²) in [7, 11) is 0. The molecule has 2 heterocycles. The molecule has 8 aromatic carbocycles. The molecule has 2 aliphatic carbocycles. The Balaban J connectivity index is 1.21. The molecule has 3 aliphatic rings. The van der Waals surface area contributed by atoms with E-state index in [2.05, 4.69) is 204 Å². The van der Waals surface area contributed by atoms with Crippen LogP contribution in [0, 0.1) is 0 Å². The minimum absolute atomic E-state index is 0.581. The molecular weight excluding hydrogens is 629 g/mol. The zero-order valence-corrected chi connectivity index (χ0v) is 28.4. The van der Waals surface area contributed by atoms with Crippen molar-refractivity contribution in [2.75, 3.05) is 4.90 Å². The van der Waals surface area contributed by atoms with Gasteiger partial charge in [-0.1, -0.05) is 158 Å². The van der Waals surface area contributed by atoms with E-state index >= 15 is 0 Å². The van der Waals surface area contributed by atoms with Crippen molar-refractivity contribution < 1.29 is 0 Å². The van der Waals surface area contributed by atoms with E-state index in [1.807, 2.05) is 0 Å². The average molecular weight is 661 g/mol. The van der Waals surface area contributed by atoms with Crippen molar-refractivity contribution in [3.05, 3.63) is 228 Å². The molecule has 0 saturated carbocycles. The summed E-state index contributed by atoms with van der Waals surface area (Å²) in [5.74, 6) is 0. The molecule has 0 fully saturated rings. The van der Waals surface area contributed by atoms with Crippen molar-refractivity contribution in [3.63, 3.8) is 0 Å². The second kappa shape index (κ2) is 9.99. The highest BCUT2D eigenvalue weighted by Crippen LogP contribution is 2.69. The van der Waals surface area contributed by atoms with Crippen molar-refractivity contribution >= 4 is 27.5 Å². The van der Waals surface area contributed by atoms with Gasteiger partial charge < -0.3 is 9.47 Å². The normalized spacial score (nSPS) is 15.2. The SMILES string of the molecule is c1ccc2c(c1)-c1ccccc1C21c2ccccc2C2(c3ccccc3-c3ccccc32)N1c1ccc(-n2c3ccccc3c3ccccc32)cc1. The first-order valence-corrected chi connectivity index (χ1v) is 18.2. The van der Waals surface area contributed by atoms with Gasteiger partial charge in [0.15, 0.2) is 0 Å².